The van der Waals surface area contributed by atoms with Gasteiger partial charge in [0.1, 0.15) is 0 Å². The first-order valence-electron chi connectivity index (χ1n) is 6.50. The zero-order valence-electron chi connectivity index (χ0n) is 10.8. The molecule has 92 valence electrons. The number of hydrogen-bond donors (Lipinski definition) is 1. The van der Waals surface area contributed by atoms with E-state index in [2.05, 4.69) is 19.2 Å². The van der Waals surface area contributed by atoms with E-state index in [4.69, 9.17) is 4.74 Å². The molecule has 0 aliphatic rings. The van der Waals surface area contributed by atoms with E-state index in [-0.39, 0.29) is 0 Å². The molecule has 0 fully saturated rings. The van der Waals surface area contributed by atoms with E-state index in [1.54, 1.807) is 7.11 Å². The number of ether oxygens (including phenoxy) is 1. The topological polar surface area (TPSA) is 21.3 Å². The van der Waals surface area contributed by atoms with Crippen LogP contribution in [0.1, 0.15) is 52.4 Å². The quantitative estimate of drug-likeness (QED) is 0.534. The van der Waals surface area contributed by atoms with Gasteiger partial charge < -0.3 is 10.1 Å². The van der Waals surface area contributed by atoms with Gasteiger partial charge in [-0.05, 0) is 25.4 Å². The summed E-state index contributed by atoms with van der Waals surface area (Å²) in [4.78, 5) is 0. The Morgan fingerprint density at radius 2 is 1.73 bits per heavy atom. The van der Waals surface area contributed by atoms with Crippen LogP contribution in [0.25, 0.3) is 0 Å². The molecule has 1 N–H and O–H groups in total. The molecule has 2 heteroatoms. The van der Waals surface area contributed by atoms with Crippen molar-refractivity contribution in [3.8, 4) is 0 Å². The number of methoxy groups -OCH3 is 1. The van der Waals surface area contributed by atoms with E-state index < -0.39 is 0 Å². The van der Waals surface area contributed by atoms with Gasteiger partial charge in [0.2, 0.25) is 0 Å². The molecule has 2 nitrogen and oxygen atoms in total. The van der Waals surface area contributed by atoms with Crippen molar-refractivity contribution in [1.82, 2.24) is 5.32 Å². The zero-order chi connectivity index (χ0) is 11.4. The largest absolute Gasteiger partial charge is 0.384 e. The molecule has 0 aromatic carbocycles. The van der Waals surface area contributed by atoms with Crippen molar-refractivity contribution >= 4 is 0 Å². The summed E-state index contributed by atoms with van der Waals surface area (Å²) in [6.45, 7) is 7.60. The maximum absolute atomic E-state index is 5.09. The van der Waals surface area contributed by atoms with Gasteiger partial charge in [-0.15, -0.1) is 0 Å². The van der Waals surface area contributed by atoms with Gasteiger partial charge in [0.25, 0.3) is 0 Å². The van der Waals surface area contributed by atoms with Crippen LogP contribution in [0, 0.1) is 5.92 Å². The highest BCUT2D eigenvalue weighted by atomic mass is 16.5. The Kier molecular flexibility index (Phi) is 11.9. The molecule has 0 rings (SSSR count). The van der Waals surface area contributed by atoms with Crippen molar-refractivity contribution in [2.75, 3.05) is 26.8 Å². The lowest BCUT2D eigenvalue weighted by Crippen LogP contribution is -2.24. The van der Waals surface area contributed by atoms with Crippen molar-refractivity contribution in [2.24, 2.45) is 5.92 Å². The van der Waals surface area contributed by atoms with Gasteiger partial charge in [0.15, 0.2) is 0 Å². The monoisotopic (exact) mass is 215 g/mol. The van der Waals surface area contributed by atoms with Crippen LogP contribution >= 0.6 is 0 Å². The summed E-state index contributed by atoms with van der Waals surface area (Å²) in [5.41, 5.74) is 0. The van der Waals surface area contributed by atoms with Crippen molar-refractivity contribution in [3.63, 3.8) is 0 Å². The fourth-order valence-electron chi connectivity index (χ4n) is 1.72. The number of rotatable bonds is 11. The molecule has 0 radical (unpaired) electrons. The van der Waals surface area contributed by atoms with Crippen molar-refractivity contribution < 1.29 is 4.74 Å². The van der Waals surface area contributed by atoms with Gasteiger partial charge in [-0.1, -0.05) is 46.0 Å². The molecule has 0 saturated heterocycles. The van der Waals surface area contributed by atoms with Gasteiger partial charge >= 0.3 is 0 Å². The second-order valence-corrected chi connectivity index (χ2v) is 4.53. The highest BCUT2D eigenvalue weighted by molar-refractivity contribution is 4.56. The number of nitrogens with one attached hydrogen (secondary N) is 1. The van der Waals surface area contributed by atoms with Crippen LogP contribution < -0.4 is 5.32 Å². The average molecular weight is 215 g/mol. The summed E-state index contributed by atoms with van der Waals surface area (Å²) >= 11 is 0. The van der Waals surface area contributed by atoms with E-state index >= 15 is 0 Å². The van der Waals surface area contributed by atoms with E-state index in [0.29, 0.717) is 5.92 Å². The molecule has 0 aliphatic carbocycles. The second-order valence-electron chi connectivity index (χ2n) is 4.53. The average Bonchev–Trinajstić information content (AvgIpc) is 2.22. The molecule has 1 atom stereocenters. The summed E-state index contributed by atoms with van der Waals surface area (Å²) in [5.74, 6) is 0.634. The maximum Gasteiger partial charge on any atom is 0.0499 e. The Balaban J connectivity index is 2.98. The van der Waals surface area contributed by atoms with E-state index in [9.17, 15) is 0 Å². The molecule has 0 bridgehead atoms. The molecular weight excluding hydrogens is 186 g/mol. The molecular formula is C13H29NO. The Hall–Kier alpha value is -0.0800. The first-order valence-corrected chi connectivity index (χ1v) is 6.50. The minimum atomic E-state index is 0.634. The fourth-order valence-corrected chi connectivity index (χ4v) is 1.72. The van der Waals surface area contributed by atoms with E-state index in [0.717, 1.165) is 13.2 Å². The molecule has 0 aliphatic heterocycles. The second kappa shape index (κ2) is 12.0. The molecule has 0 saturated carbocycles. The van der Waals surface area contributed by atoms with Crippen molar-refractivity contribution in [3.05, 3.63) is 0 Å². The molecule has 15 heavy (non-hydrogen) atoms. The Morgan fingerprint density at radius 3 is 2.40 bits per heavy atom. The van der Waals surface area contributed by atoms with E-state index in [1.165, 1.54) is 45.1 Å². The lowest BCUT2D eigenvalue weighted by Gasteiger charge is -2.11. The minimum absolute atomic E-state index is 0.634. The highest BCUT2D eigenvalue weighted by Gasteiger charge is 1.99. The van der Waals surface area contributed by atoms with Crippen molar-refractivity contribution in [1.29, 1.82) is 0 Å². The van der Waals surface area contributed by atoms with Crippen LogP contribution in [0.3, 0.4) is 0 Å². The van der Waals surface area contributed by atoms with Crippen LogP contribution in [0.15, 0.2) is 0 Å². The summed E-state index contributed by atoms with van der Waals surface area (Å²) < 4.78 is 5.09. The summed E-state index contributed by atoms with van der Waals surface area (Å²) in [6.07, 6.45) is 8.26. The van der Waals surface area contributed by atoms with Gasteiger partial charge in [0.05, 0.1) is 0 Å². The van der Waals surface area contributed by atoms with Gasteiger partial charge in [0, 0.05) is 13.7 Å². The van der Waals surface area contributed by atoms with Crippen LogP contribution in [-0.2, 0) is 4.74 Å². The van der Waals surface area contributed by atoms with Crippen molar-refractivity contribution in [2.45, 2.75) is 52.4 Å². The Bertz CT molecular complexity index is 117. The molecule has 0 aromatic heterocycles. The smallest absolute Gasteiger partial charge is 0.0499 e. The standard InChI is InChI=1S/C13H29NO/c1-4-5-6-7-8-9-10-14-11-13(2)12-15-3/h13-14H,4-12H2,1-3H3. The predicted octanol–water partition coefficient (Wildman–Crippen LogP) is 3.22. The summed E-state index contributed by atoms with van der Waals surface area (Å²) in [5, 5.41) is 3.48. The maximum atomic E-state index is 5.09. The first kappa shape index (κ1) is 14.9. The predicted molar refractivity (Wildman–Crippen MR) is 67.3 cm³/mol. The Labute approximate surface area is 95.8 Å². The molecule has 1 unspecified atom stereocenters. The van der Waals surface area contributed by atoms with Crippen LogP contribution in [-0.4, -0.2) is 26.8 Å². The summed E-state index contributed by atoms with van der Waals surface area (Å²) in [6, 6.07) is 0. The number of unbranched alkanes of at least 4 members (excludes halogenated alkanes) is 5. The molecule has 0 heterocycles. The first-order chi connectivity index (χ1) is 7.31. The highest BCUT2D eigenvalue weighted by Crippen LogP contribution is 2.04. The summed E-state index contributed by atoms with van der Waals surface area (Å²) in [7, 11) is 1.77. The van der Waals surface area contributed by atoms with E-state index in [1.807, 2.05) is 0 Å². The zero-order valence-corrected chi connectivity index (χ0v) is 10.8. The fraction of sp³-hybridized carbons (Fsp3) is 1.00. The van der Waals surface area contributed by atoms with Crippen LogP contribution in [0.5, 0.6) is 0 Å². The van der Waals surface area contributed by atoms with Crippen LogP contribution in [0.2, 0.25) is 0 Å². The third-order valence-corrected chi connectivity index (χ3v) is 2.65. The van der Waals surface area contributed by atoms with Crippen LogP contribution in [0.4, 0.5) is 0 Å². The molecule has 0 spiro atoms. The SMILES string of the molecule is CCCCCCCCNCC(C)COC. The van der Waals surface area contributed by atoms with Gasteiger partial charge in [-0.25, -0.2) is 0 Å². The normalized spacial score (nSPS) is 13.0. The Morgan fingerprint density at radius 1 is 1.07 bits per heavy atom. The number of hydrogen-bond acceptors (Lipinski definition) is 2. The minimum Gasteiger partial charge on any atom is -0.384 e. The molecule has 0 amide bonds. The van der Waals surface area contributed by atoms with Gasteiger partial charge in [-0.3, -0.25) is 0 Å². The lowest BCUT2D eigenvalue weighted by atomic mass is 10.1. The van der Waals surface area contributed by atoms with Gasteiger partial charge in [-0.2, -0.15) is 0 Å². The lowest BCUT2D eigenvalue weighted by molar-refractivity contribution is 0.158. The molecule has 0 aromatic rings. The third kappa shape index (κ3) is 11.8. The third-order valence-electron chi connectivity index (χ3n) is 2.65.